The number of benzene rings is 1. The van der Waals surface area contributed by atoms with Gasteiger partial charge in [0.05, 0.1) is 13.7 Å². The first-order valence-electron chi connectivity index (χ1n) is 9.10. The van der Waals surface area contributed by atoms with Crippen LogP contribution in [0, 0.1) is 0 Å². The fraction of sp³-hybridized carbons (Fsp3) is 0.632. The molecular weight excluding hydrogens is 302 g/mol. The van der Waals surface area contributed by atoms with Gasteiger partial charge in [-0.15, -0.1) is 0 Å². The minimum atomic E-state index is 0.319. The van der Waals surface area contributed by atoms with E-state index in [0.717, 1.165) is 58.0 Å². The summed E-state index contributed by atoms with van der Waals surface area (Å²) < 4.78 is 5.20. The second kappa shape index (κ2) is 8.49. The smallest absolute Gasteiger partial charge is 0.236 e. The molecule has 0 spiro atoms. The monoisotopic (exact) mass is 331 g/mol. The van der Waals surface area contributed by atoms with Crippen molar-refractivity contribution in [3.63, 3.8) is 0 Å². The van der Waals surface area contributed by atoms with Crippen molar-refractivity contribution < 1.29 is 9.53 Å². The van der Waals surface area contributed by atoms with Crippen LogP contribution in [0.5, 0.6) is 5.75 Å². The molecule has 5 heteroatoms. The number of carbonyl (C=O) groups excluding carboxylic acids is 1. The molecule has 2 aliphatic heterocycles. The summed E-state index contributed by atoms with van der Waals surface area (Å²) in [7, 11) is 1.70. The maximum atomic E-state index is 12.2. The molecule has 3 rings (SSSR count). The molecule has 5 nitrogen and oxygen atoms in total. The summed E-state index contributed by atoms with van der Waals surface area (Å²) in [6, 6.07) is 8.34. The lowest BCUT2D eigenvalue weighted by molar-refractivity contribution is -0.131. The van der Waals surface area contributed by atoms with E-state index < -0.39 is 0 Å². The van der Waals surface area contributed by atoms with Crippen LogP contribution in [-0.2, 0) is 11.2 Å². The second-order valence-corrected chi connectivity index (χ2v) is 6.80. The quantitative estimate of drug-likeness (QED) is 0.791. The first kappa shape index (κ1) is 17.2. The number of rotatable bonds is 6. The molecule has 24 heavy (non-hydrogen) atoms. The highest BCUT2D eigenvalue weighted by Gasteiger charge is 2.23. The predicted molar refractivity (Wildman–Crippen MR) is 95.4 cm³/mol. The highest BCUT2D eigenvalue weighted by molar-refractivity contribution is 5.78. The van der Waals surface area contributed by atoms with Gasteiger partial charge in [0.15, 0.2) is 0 Å². The van der Waals surface area contributed by atoms with Crippen molar-refractivity contribution in [3.05, 3.63) is 29.8 Å². The Morgan fingerprint density at radius 1 is 0.958 bits per heavy atom. The molecule has 0 atom stereocenters. The average Bonchev–Trinajstić information content (AvgIpc) is 3.16. The van der Waals surface area contributed by atoms with Crippen LogP contribution in [-0.4, -0.2) is 80.1 Å². The lowest BCUT2D eigenvalue weighted by atomic mass is 10.1. The van der Waals surface area contributed by atoms with E-state index >= 15 is 0 Å². The largest absolute Gasteiger partial charge is 0.497 e. The van der Waals surface area contributed by atoms with Crippen LogP contribution in [0.15, 0.2) is 24.3 Å². The normalized spacial score (nSPS) is 19.6. The Morgan fingerprint density at radius 3 is 2.21 bits per heavy atom. The molecule has 2 aliphatic rings. The number of ether oxygens (including phenoxy) is 1. The predicted octanol–water partition coefficient (Wildman–Crippen LogP) is 1.48. The number of hydrogen-bond acceptors (Lipinski definition) is 4. The lowest BCUT2D eigenvalue weighted by Gasteiger charge is -2.35. The van der Waals surface area contributed by atoms with Crippen molar-refractivity contribution in [1.29, 1.82) is 0 Å². The molecule has 1 amide bonds. The van der Waals surface area contributed by atoms with Crippen LogP contribution in [0.4, 0.5) is 0 Å². The number of hydrogen-bond donors (Lipinski definition) is 0. The Balaban J connectivity index is 1.36. The fourth-order valence-corrected chi connectivity index (χ4v) is 3.51. The van der Waals surface area contributed by atoms with Gasteiger partial charge in [-0.25, -0.2) is 0 Å². The third-order valence-corrected chi connectivity index (χ3v) is 5.16. The van der Waals surface area contributed by atoms with E-state index in [1.54, 1.807) is 7.11 Å². The van der Waals surface area contributed by atoms with Crippen LogP contribution < -0.4 is 4.74 Å². The third kappa shape index (κ3) is 4.71. The molecule has 0 bridgehead atoms. The number of nitrogens with zero attached hydrogens (tertiary/aromatic N) is 3. The number of carbonyl (C=O) groups is 1. The van der Waals surface area contributed by atoms with Crippen LogP contribution >= 0.6 is 0 Å². The van der Waals surface area contributed by atoms with Crippen molar-refractivity contribution in [3.8, 4) is 5.75 Å². The fourth-order valence-electron chi connectivity index (χ4n) is 3.51. The molecule has 2 fully saturated rings. The number of amides is 1. The van der Waals surface area contributed by atoms with Gasteiger partial charge in [-0.3, -0.25) is 9.69 Å². The van der Waals surface area contributed by atoms with Crippen LogP contribution in [0.1, 0.15) is 18.4 Å². The first-order valence-corrected chi connectivity index (χ1v) is 9.10. The van der Waals surface area contributed by atoms with E-state index in [-0.39, 0.29) is 0 Å². The Hall–Kier alpha value is -1.59. The zero-order valence-corrected chi connectivity index (χ0v) is 14.7. The van der Waals surface area contributed by atoms with E-state index in [9.17, 15) is 4.79 Å². The Bertz CT molecular complexity index is 518. The summed E-state index contributed by atoms with van der Waals surface area (Å²) in [5.41, 5.74) is 1.35. The Kier molecular flexibility index (Phi) is 6.10. The van der Waals surface area contributed by atoms with E-state index in [0.29, 0.717) is 12.5 Å². The highest BCUT2D eigenvalue weighted by Crippen LogP contribution is 2.13. The summed E-state index contributed by atoms with van der Waals surface area (Å²) in [4.78, 5) is 19.1. The standard InChI is InChI=1S/C19H29N3O2/c1-24-18-6-4-17(5-7-18)8-11-20-12-14-21(15-13-20)16-19(23)22-9-2-3-10-22/h4-7H,2-3,8-16H2,1H3. The summed E-state index contributed by atoms with van der Waals surface area (Å²) in [6.45, 7) is 7.73. The molecule has 132 valence electrons. The molecule has 1 aromatic rings. The maximum absolute atomic E-state index is 12.2. The van der Waals surface area contributed by atoms with Crippen molar-refractivity contribution in [2.24, 2.45) is 0 Å². The average molecular weight is 331 g/mol. The lowest BCUT2D eigenvalue weighted by Crippen LogP contribution is -2.50. The molecule has 2 heterocycles. The van der Waals surface area contributed by atoms with Gasteiger partial charge in [-0.1, -0.05) is 12.1 Å². The summed E-state index contributed by atoms with van der Waals surface area (Å²) >= 11 is 0. The second-order valence-electron chi connectivity index (χ2n) is 6.80. The molecule has 0 unspecified atom stereocenters. The number of likely N-dealkylation sites (tertiary alicyclic amines) is 1. The Labute approximate surface area is 145 Å². The molecular formula is C19H29N3O2. The minimum Gasteiger partial charge on any atom is -0.497 e. The van der Waals surface area contributed by atoms with Gasteiger partial charge in [-0.2, -0.15) is 0 Å². The van der Waals surface area contributed by atoms with Gasteiger partial charge in [0.1, 0.15) is 5.75 Å². The van der Waals surface area contributed by atoms with Crippen molar-refractivity contribution >= 4 is 5.91 Å². The van der Waals surface area contributed by atoms with Gasteiger partial charge in [0.2, 0.25) is 5.91 Å². The SMILES string of the molecule is COc1ccc(CCN2CCN(CC(=O)N3CCCC3)CC2)cc1. The molecule has 2 saturated heterocycles. The molecule has 0 aromatic heterocycles. The summed E-state index contributed by atoms with van der Waals surface area (Å²) in [5.74, 6) is 1.23. The number of methoxy groups -OCH3 is 1. The summed E-state index contributed by atoms with van der Waals surface area (Å²) in [6.07, 6.45) is 3.41. The number of piperazine rings is 1. The van der Waals surface area contributed by atoms with E-state index in [2.05, 4.69) is 21.9 Å². The topological polar surface area (TPSA) is 36.0 Å². The van der Waals surface area contributed by atoms with Gasteiger partial charge in [0.25, 0.3) is 0 Å². The van der Waals surface area contributed by atoms with Gasteiger partial charge in [-0.05, 0) is 37.0 Å². The minimum absolute atomic E-state index is 0.319. The first-order chi connectivity index (χ1) is 11.7. The third-order valence-electron chi connectivity index (χ3n) is 5.16. The van der Waals surface area contributed by atoms with E-state index in [4.69, 9.17) is 4.74 Å². The van der Waals surface area contributed by atoms with Gasteiger partial charge >= 0.3 is 0 Å². The van der Waals surface area contributed by atoms with Crippen molar-refractivity contribution in [2.75, 3.05) is 59.5 Å². The highest BCUT2D eigenvalue weighted by atomic mass is 16.5. The molecule has 0 saturated carbocycles. The van der Waals surface area contributed by atoms with Crippen molar-refractivity contribution in [2.45, 2.75) is 19.3 Å². The zero-order valence-electron chi connectivity index (χ0n) is 14.7. The molecule has 0 N–H and O–H groups in total. The van der Waals surface area contributed by atoms with Crippen molar-refractivity contribution in [1.82, 2.24) is 14.7 Å². The summed E-state index contributed by atoms with van der Waals surface area (Å²) in [5, 5.41) is 0. The Morgan fingerprint density at radius 2 is 1.58 bits per heavy atom. The molecule has 1 aromatic carbocycles. The van der Waals surface area contributed by atoms with E-state index in [1.807, 2.05) is 17.0 Å². The molecule has 0 aliphatic carbocycles. The van der Waals surface area contributed by atoms with E-state index in [1.165, 1.54) is 18.4 Å². The van der Waals surface area contributed by atoms with Crippen LogP contribution in [0.3, 0.4) is 0 Å². The molecule has 0 radical (unpaired) electrons. The zero-order chi connectivity index (χ0) is 16.8. The van der Waals surface area contributed by atoms with Crippen LogP contribution in [0.25, 0.3) is 0 Å². The maximum Gasteiger partial charge on any atom is 0.236 e. The van der Waals surface area contributed by atoms with Gasteiger partial charge < -0.3 is 14.5 Å². The van der Waals surface area contributed by atoms with Crippen LogP contribution in [0.2, 0.25) is 0 Å². The van der Waals surface area contributed by atoms with Gasteiger partial charge in [0, 0.05) is 45.8 Å².